The van der Waals surface area contributed by atoms with E-state index < -0.39 is 10.0 Å². The number of hydrogen-bond acceptors (Lipinski definition) is 8. The van der Waals surface area contributed by atoms with Crippen molar-refractivity contribution >= 4 is 21.9 Å². The molecular weight excluding hydrogens is 408 g/mol. The minimum atomic E-state index is -4.03. The largest absolute Gasteiger partial charge is 0.467 e. The topological polar surface area (TPSA) is 128 Å². The summed E-state index contributed by atoms with van der Waals surface area (Å²) >= 11 is 0. The normalized spacial score (nSPS) is 11.6. The number of hydrogen-bond donors (Lipinski definition) is 2. The van der Waals surface area contributed by atoms with Crippen molar-refractivity contribution in [1.82, 2.24) is 19.7 Å². The second-order valence-corrected chi connectivity index (χ2v) is 7.56. The average Bonchev–Trinajstić information content (AvgIpc) is 2.74. The highest BCUT2D eigenvalue weighted by Gasteiger charge is 2.22. The van der Waals surface area contributed by atoms with Crippen LogP contribution in [0.3, 0.4) is 0 Å². The van der Waals surface area contributed by atoms with Crippen molar-refractivity contribution in [1.29, 1.82) is 0 Å². The SMILES string of the molecule is CO/N=C(/Nc1nc(C)nc(OC)n1)NS(=O)(=O)c1ccccc1-c1ccccc1. The Kier molecular flexibility index (Phi) is 6.42. The monoisotopic (exact) mass is 428 g/mol. The van der Waals surface area contributed by atoms with Gasteiger partial charge in [0.15, 0.2) is 0 Å². The third kappa shape index (κ3) is 5.00. The van der Waals surface area contributed by atoms with E-state index in [0.29, 0.717) is 11.4 Å². The van der Waals surface area contributed by atoms with Crippen LogP contribution in [0.25, 0.3) is 11.1 Å². The van der Waals surface area contributed by atoms with Gasteiger partial charge in [-0.25, -0.2) is 13.1 Å². The Hall–Kier alpha value is -3.73. The molecule has 0 aliphatic heterocycles. The third-order valence-corrected chi connectivity index (χ3v) is 5.21. The molecule has 1 heterocycles. The van der Waals surface area contributed by atoms with Crippen LogP contribution in [0, 0.1) is 6.92 Å². The summed E-state index contributed by atoms with van der Waals surface area (Å²) in [6.45, 7) is 1.64. The number of benzene rings is 2. The van der Waals surface area contributed by atoms with Crippen molar-refractivity contribution in [3.63, 3.8) is 0 Å². The van der Waals surface area contributed by atoms with E-state index in [9.17, 15) is 8.42 Å². The summed E-state index contributed by atoms with van der Waals surface area (Å²) < 4.78 is 33.6. The van der Waals surface area contributed by atoms with Gasteiger partial charge in [0.1, 0.15) is 12.9 Å². The van der Waals surface area contributed by atoms with E-state index in [4.69, 9.17) is 9.57 Å². The van der Waals surface area contributed by atoms with E-state index in [1.54, 1.807) is 25.1 Å². The van der Waals surface area contributed by atoms with Crippen molar-refractivity contribution in [2.75, 3.05) is 19.5 Å². The summed E-state index contributed by atoms with van der Waals surface area (Å²) in [4.78, 5) is 16.9. The Labute approximate surface area is 174 Å². The molecule has 3 rings (SSSR count). The van der Waals surface area contributed by atoms with E-state index in [1.807, 2.05) is 30.3 Å². The number of aromatic nitrogens is 3. The van der Waals surface area contributed by atoms with Gasteiger partial charge in [0.2, 0.25) is 5.95 Å². The molecule has 156 valence electrons. The zero-order chi connectivity index (χ0) is 21.6. The molecule has 0 atom stereocenters. The number of sulfonamides is 1. The molecule has 0 aliphatic carbocycles. The van der Waals surface area contributed by atoms with Gasteiger partial charge in [-0.05, 0) is 23.7 Å². The third-order valence-electron chi connectivity index (χ3n) is 3.81. The summed E-state index contributed by atoms with van der Waals surface area (Å²) in [5.74, 6) is 0.181. The molecule has 1 aromatic heterocycles. The second-order valence-electron chi connectivity index (χ2n) is 5.91. The standard InChI is InChI=1S/C19H20N6O4S/c1-13-20-17(23-19(21-13)28-2)22-18(24-29-3)25-30(26,27)16-12-8-7-11-15(16)14-9-5-4-6-10-14/h4-12H,1-3H3,(H2,20,21,22,23,24,25). The Morgan fingerprint density at radius 2 is 1.67 bits per heavy atom. The molecule has 0 radical (unpaired) electrons. The van der Waals surface area contributed by atoms with E-state index >= 15 is 0 Å². The van der Waals surface area contributed by atoms with Gasteiger partial charge in [-0.15, -0.1) is 0 Å². The number of guanidine groups is 1. The van der Waals surface area contributed by atoms with Crippen molar-refractivity contribution in [2.24, 2.45) is 5.16 Å². The van der Waals surface area contributed by atoms with Gasteiger partial charge in [0.05, 0.1) is 12.0 Å². The fourth-order valence-corrected chi connectivity index (χ4v) is 3.79. The van der Waals surface area contributed by atoms with Gasteiger partial charge in [-0.1, -0.05) is 48.5 Å². The molecule has 0 amide bonds. The Morgan fingerprint density at radius 1 is 0.967 bits per heavy atom. The highest BCUT2D eigenvalue weighted by molar-refractivity contribution is 7.90. The summed E-state index contributed by atoms with van der Waals surface area (Å²) in [6, 6.07) is 15.9. The van der Waals surface area contributed by atoms with E-state index in [0.717, 1.165) is 5.56 Å². The molecule has 2 N–H and O–H groups in total. The molecule has 11 heteroatoms. The zero-order valence-electron chi connectivity index (χ0n) is 16.5. The van der Waals surface area contributed by atoms with Crippen LogP contribution >= 0.6 is 0 Å². The lowest BCUT2D eigenvalue weighted by Gasteiger charge is -2.14. The number of anilines is 1. The van der Waals surface area contributed by atoms with Gasteiger partial charge >= 0.3 is 6.01 Å². The molecule has 0 spiro atoms. The first kappa shape index (κ1) is 21.0. The Bertz CT molecular complexity index is 1150. The molecule has 0 unspecified atom stereocenters. The predicted molar refractivity (Wildman–Crippen MR) is 111 cm³/mol. The molecule has 0 saturated heterocycles. The highest BCUT2D eigenvalue weighted by atomic mass is 32.2. The summed E-state index contributed by atoms with van der Waals surface area (Å²) in [5.41, 5.74) is 1.30. The minimum absolute atomic E-state index is 0.0363. The maximum atomic E-state index is 13.1. The van der Waals surface area contributed by atoms with Gasteiger partial charge in [-0.2, -0.15) is 15.0 Å². The maximum Gasteiger partial charge on any atom is 0.321 e. The van der Waals surface area contributed by atoms with Crippen molar-refractivity contribution in [3.05, 3.63) is 60.4 Å². The van der Waals surface area contributed by atoms with Gasteiger partial charge in [-0.3, -0.25) is 5.32 Å². The van der Waals surface area contributed by atoms with Crippen LogP contribution in [0.4, 0.5) is 5.95 Å². The fraction of sp³-hybridized carbons (Fsp3) is 0.158. The molecule has 0 fully saturated rings. The minimum Gasteiger partial charge on any atom is -0.467 e. The van der Waals surface area contributed by atoms with Crippen molar-refractivity contribution in [3.8, 4) is 17.1 Å². The van der Waals surface area contributed by atoms with Crippen LogP contribution in [0.15, 0.2) is 64.6 Å². The van der Waals surface area contributed by atoms with E-state index in [1.165, 1.54) is 20.3 Å². The van der Waals surface area contributed by atoms with E-state index in [2.05, 4.69) is 30.1 Å². The smallest absolute Gasteiger partial charge is 0.321 e. The number of methoxy groups -OCH3 is 1. The number of ether oxygens (including phenoxy) is 1. The highest BCUT2D eigenvalue weighted by Crippen LogP contribution is 2.26. The molecule has 0 aliphatic rings. The summed E-state index contributed by atoms with van der Waals surface area (Å²) in [5, 5.41) is 6.36. The van der Waals surface area contributed by atoms with Crippen LogP contribution in [-0.2, 0) is 14.9 Å². The summed E-state index contributed by atoms with van der Waals surface area (Å²) in [7, 11) is -1.34. The van der Waals surface area contributed by atoms with Crippen LogP contribution in [0.1, 0.15) is 5.82 Å². The quantitative estimate of drug-likeness (QED) is 0.347. The Balaban J connectivity index is 1.93. The second kappa shape index (κ2) is 9.18. The molecular formula is C19H20N6O4S. The van der Waals surface area contributed by atoms with Gasteiger partial charge < -0.3 is 9.57 Å². The number of aryl methyl sites for hydroxylation is 1. The number of nitrogens with one attached hydrogen (secondary N) is 2. The predicted octanol–water partition coefficient (Wildman–Crippen LogP) is 2.16. The van der Waals surface area contributed by atoms with Gasteiger partial charge in [0.25, 0.3) is 16.0 Å². The van der Waals surface area contributed by atoms with Crippen molar-refractivity contribution < 1.29 is 18.0 Å². The first-order valence-corrected chi connectivity index (χ1v) is 10.2. The maximum absolute atomic E-state index is 13.1. The molecule has 2 aromatic carbocycles. The lowest BCUT2D eigenvalue weighted by Crippen LogP contribution is -2.37. The molecule has 3 aromatic rings. The van der Waals surface area contributed by atoms with Crippen LogP contribution in [0.5, 0.6) is 6.01 Å². The van der Waals surface area contributed by atoms with Crippen LogP contribution < -0.4 is 14.8 Å². The Morgan fingerprint density at radius 3 is 2.37 bits per heavy atom. The molecule has 0 saturated carbocycles. The molecule has 10 nitrogen and oxygen atoms in total. The summed E-state index contributed by atoms with van der Waals surface area (Å²) in [6.07, 6.45) is 0. The number of nitrogens with zero attached hydrogens (tertiary/aromatic N) is 4. The molecule has 30 heavy (non-hydrogen) atoms. The zero-order valence-corrected chi connectivity index (χ0v) is 17.3. The van der Waals surface area contributed by atoms with Gasteiger partial charge in [0, 0.05) is 5.56 Å². The molecule has 0 bridgehead atoms. The van der Waals surface area contributed by atoms with Crippen LogP contribution in [0.2, 0.25) is 0 Å². The average molecular weight is 428 g/mol. The van der Waals surface area contributed by atoms with E-state index in [-0.39, 0.29) is 22.8 Å². The number of oxime groups is 1. The first-order valence-electron chi connectivity index (χ1n) is 8.75. The lowest BCUT2D eigenvalue weighted by molar-refractivity contribution is 0.212. The van der Waals surface area contributed by atoms with Crippen LogP contribution in [-0.4, -0.2) is 43.5 Å². The fourth-order valence-electron chi connectivity index (χ4n) is 2.61. The lowest BCUT2D eigenvalue weighted by atomic mass is 10.1. The first-order chi connectivity index (χ1) is 14.4. The van der Waals surface area contributed by atoms with Crippen molar-refractivity contribution in [2.45, 2.75) is 11.8 Å². The number of rotatable bonds is 6.